The number of methoxy groups -OCH3 is 1. The number of rotatable bonds is 7. The van der Waals surface area contributed by atoms with E-state index in [0.29, 0.717) is 11.5 Å². The summed E-state index contributed by atoms with van der Waals surface area (Å²) in [5.74, 6) is 0.459. The highest BCUT2D eigenvalue weighted by molar-refractivity contribution is 9.10. The van der Waals surface area contributed by atoms with E-state index >= 15 is 0 Å². The van der Waals surface area contributed by atoms with Gasteiger partial charge in [-0.05, 0) is 56.9 Å². The predicted octanol–water partition coefficient (Wildman–Crippen LogP) is 3.89. The molecule has 0 bridgehead atoms. The Morgan fingerprint density at radius 3 is 2.23 bits per heavy atom. The molecule has 0 unspecified atom stereocenters. The molecular weight excluding hydrogens is 448 g/mol. The fourth-order valence-corrected chi connectivity index (χ4v) is 3.21. The van der Waals surface area contributed by atoms with Crippen molar-refractivity contribution in [2.45, 2.75) is 6.42 Å². The molecule has 6 nitrogen and oxygen atoms in total. The number of carbonyl (C=O) groups excluding carboxylic acids is 2. The van der Waals surface area contributed by atoms with Crippen molar-refractivity contribution >= 4 is 27.7 Å². The van der Waals surface area contributed by atoms with Crippen molar-refractivity contribution < 1.29 is 19.1 Å². The van der Waals surface area contributed by atoms with Crippen LogP contribution in [0.25, 0.3) is 11.1 Å². The van der Waals surface area contributed by atoms with Gasteiger partial charge in [0, 0.05) is 0 Å². The lowest BCUT2D eigenvalue weighted by Crippen LogP contribution is -2.44. The van der Waals surface area contributed by atoms with E-state index in [2.05, 4.69) is 26.8 Å². The smallest absolute Gasteiger partial charge is 0.276 e. The van der Waals surface area contributed by atoms with E-state index in [0.717, 1.165) is 21.2 Å². The second-order valence-corrected chi connectivity index (χ2v) is 7.28. The Bertz CT molecular complexity index is 1010. The number of ether oxygens (including phenoxy) is 2. The Labute approximate surface area is 183 Å². The first-order valence-electron chi connectivity index (χ1n) is 9.23. The van der Waals surface area contributed by atoms with Gasteiger partial charge in [0.1, 0.15) is 11.5 Å². The molecule has 154 valence electrons. The number of amides is 2. The van der Waals surface area contributed by atoms with Crippen LogP contribution in [-0.2, 0) is 16.0 Å². The van der Waals surface area contributed by atoms with Crippen molar-refractivity contribution in [1.82, 2.24) is 10.9 Å². The summed E-state index contributed by atoms with van der Waals surface area (Å²) >= 11 is 3.47. The van der Waals surface area contributed by atoms with Crippen LogP contribution in [0.1, 0.15) is 5.56 Å². The summed E-state index contributed by atoms with van der Waals surface area (Å²) in [6.07, 6.45) is 0.137. The summed E-state index contributed by atoms with van der Waals surface area (Å²) in [5, 5.41) is 0. The van der Waals surface area contributed by atoms with Crippen LogP contribution >= 0.6 is 15.9 Å². The van der Waals surface area contributed by atoms with Gasteiger partial charge in [0.05, 0.1) is 18.0 Å². The first-order valence-corrected chi connectivity index (χ1v) is 10.0. The second kappa shape index (κ2) is 10.5. The topological polar surface area (TPSA) is 76.7 Å². The lowest BCUT2D eigenvalue weighted by atomic mass is 10.1. The summed E-state index contributed by atoms with van der Waals surface area (Å²) in [5.41, 5.74) is 7.65. The van der Waals surface area contributed by atoms with Crippen LogP contribution in [0, 0.1) is 0 Å². The summed E-state index contributed by atoms with van der Waals surface area (Å²) in [4.78, 5) is 23.9. The quantitative estimate of drug-likeness (QED) is 0.515. The Hall–Kier alpha value is -3.32. The minimum atomic E-state index is -0.461. The van der Waals surface area contributed by atoms with E-state index < -0.39 is 5.91 Å². The molecular formula is C23H21BrN2O4. The summed E-state index contributed by atoms with van der Waals surface area (Å²) in [6, 6.07) is 22.7. The molecule has 0 heterocycles. The monoisotopic (exact) mass is 468 g/mol. The predicted molar refractivity (Wildman–Crippen MR) is 118 cm³/mol. The van der Waals surface area contributed by atoms with Gasteiger partial charge in [-0.15, -0.1) is 0 Å². The highest BCUT2D eigenvalue weighted by Gasteiger charge is 2.09. The Morgan fingerprint density at radius 1 is 0.867 bits per heavy atom. The summed E-state index contributed by atoms with van der Waals surface area (Å²) in [7, 11) is 1.58. The molecule has 0 saturated carbocycles. The van der Waals surface area contributed by atoms with Gasteiger partial charge in [-0.25, -0.2) is 0 Å². The first kappa shape index (κ1) is 21.4. The molecule has 30 heavy (non-hydrogen) atoms. The fourth-order valence-electron chi connectivity index (χ4n) is 2.72. The Kier molecular flexibility index (Phi) is 7.45. The van der Waals surface area contributed by atoms with Gasteiger partial charge in [-0.3, -0.25) is 20.4 Å². The van der Waals surface area contributed by atoms with E-state index in [-0.39, 0.29) is 18.9 Å². The molecule has 0 atom stereocenters. The van der Waals surface area contributed by atoms with Crippen LogP contribution in [0.5, 0.6) is 11.5 Å². The number of hydrogen-bond donors (Lipinski definition) is 2. The maximum absolute atomic E-state index is 12.0. The Balaban J connectivity index is 1.45. The van der Waals surface area contributed by atoms with Crippen LogP contribution < -0.4 is 20.3 Å². The van der Waals surface area contributed by atoms with Crippen molar-refractivity contribution in [3.8, 4) is 22.6 Å². The SMILES string of the molecule is COc1ccc(CC(=O)NNC(=O)COc2ccc(-c3ccccc3)cc2Br)cc1. The van der Waals surface area contributed by atoms with Crippen molar-refractivity contribution in [1.29, 1.82) is 0 Å². The molecule has 0 aromatic heterocycles. The first-order chi connectivity index (χ1) is 14.5. The Morgan fingerprint density at radius 2 is 1.57 bits per heavy atom. The van der Waals surface area contributed by atoms with Crippen LogP contribution in [0.3, 0.4) is 0 Å². The molecule has 2 amide bonds. The van der Waals surface area contributed by atoms with E-state index in [1.165, 1.54) is 0 Å². The third kappa shape index (κ3) is 6.09. The van der Waals surface area contributed by atoms with Gasteiger partial charge in [-0.1, -0.05) is 48.5 Å². The largest absolute Gasteiger partial charge is 0.497 e. The van der Waals surface area contributed by atoms with Crippen LogP contribution in [-0.4, -0.2) is 25.5 Å². The maximum Gasteiger partial charge on any atom is 0.276 e. The average Bonchev–Trinajstić information content (AvgIpc) is 2.78. The third-order valence-electron chi connectivity index (χ3n) is 4.26. The zero-order chi connectivity index (χ0) is 21.3. The van der Waals surface area contributed by atoms with Crippen molar-refractivity contribution in [3.63, 3.8) is 0 Å². The number of carbonyl (C=O) groups is 2. The average molecular weight is 469 g/mol. The zero-order valence-electron chi connectivity index (χ0n) is 16.4. The van der Waals surface area contributed by atoms with Crippen molar-refractivity contribution in [3.05, 3.63) is 82.8 Å². The van der Waals surface area contributed by atoms with Gasteiger partial charge >= 0.3 is 0 Å². The lowest BCUT2D eigenvalue weighted by molar-refractivity contribution is -0.129. The standard InChI is InChI=1S/C23H21BrN2O4/c1-29-19-10-7-16(8-11-19)13-22(27)25-26-23(28)15-30-21-12-9-18(14-20(21)24)17-5-3-2-4-6-17/h2-12,14H,13,15H2,1H3,(H,25,27)(H,26,28). The molecule has 0 radical (unpaired) electrons. The van der Waals surface area contributed by atoms with Crippen LogP contribution in [0.4, 0.5) is 0 Å². The maximum atomic E-state index is 12.0. The van der Waals surface area contributed by atoms with Gasteiger partial charge in [0.25, 0.3) is 5.91 Å². The van der Waals surface area contributed by atoms with Crippen molar-refractivity contribution in [2.75, 3.05) is 13.7 Å². The van der Waals surface area contributed by atoms with E-state index in [1.54, 1.807) is 37.4 Å². The molecule has 0 spiro atoms. The number of hydrazine groups is 1. The lowest BCUT2D eigenvalue weighted by Gasteiger charge is -2.11. The zero-order valence-corrected chi connectivity index (χ0v) is 17.9. The number of nitrogens with one attached hydrogen (secondary N) is 2. The van der Waals surface area contributed by atoms with E-state index in [9.17, 15) is 9.59 Å². The van der Waals surface area contributed by atoms with Crippen LogP contribution in [0.15, 0.2) is 77.3 Å². The minimum Gasteiger partial charge on any atom is -0.497 e. The number of benzene rings is 3. The normalized spacial score (nSPS) is 10.2. The van der Waals surface area contributed by atoms with E-state index in [4.69, 9.17) is 9.47 Å². The molecule has 7 heteroatoms. The molecule has 0 aliphatic heterocycles. The fraction of sp³-hybridized carbons (Fsp3) is 0.130. The number of halogens is 1. The molecule has 3 rings (SSSR count). The van der Waals surface area contributed by atoms with Crippen molar-refractivity contribution in [2.24, 2.45) is 0 Å². The summed E-state index contributed by atoms with van der Waals surface area (Å²) < 4.78 is 11.4. The number of hydrogen-bond acceptors (Lipinski definition) is 4. The van der Waals surface area contributed by atoms with Gasteiger partial charge < -0.3 is 9.47 Å². The highest BCUT2D eigenvalue weighted by Crippen LogP contribution is 2.30. The second-order valence-electron chi connectivity index (χ2n) is 6.42. The molecule has 0 aliphatic carbocycles. The van der Waals surface area contributed by atoms with E-state index in [1.807, 2.05) is 42.5 Å². The molecule has 0 fully saturated rings. The van der Waals surface area contributed by atoms with Gasteiger partial charge in [0.2, 0.25) is 5.91 Å². The summed E-state index contributed by atoms with van der Waals surface area (Å²) in [6.45, 7) is -0.230. The van der Waals surface area contributed by atoms with Gasteiger partial charge in [-0.2, -0.15) is 0 Å². The molecule has 3 aromatic carbocycles. The van der Waals surface area contributed by atoms with Crippen LogP contribution in [0.2, 0.25) is 0 Å². The third-order valence-corrected chi connectivity index (χ3v) is 4.88. The molecule has 3 aromatic rings. The highest BCUT2D eigenvalue weighted by atomic mass is 79.9. The molecule has 0 aliphatic rings. The minimum absolute atomic E-state index is 0.137. The molecule has 0 saturated heterocycles. The van der Waals surface area contributed by atoms with Gasteiger partial charge in [0.15, 0.2) is 6.61 Å². The molecule has 2 N–H and O–H groups in total.